The average molecular weight is 519 g/mol. The van der Waals surface area contributed by atoms with E-state index < -0.39 is 28.7 Å². The summed E-state index contributed by atoms with van der Waals surface area (Å²) in [6.07, 6.45) is 2.14. The van der Waals surface area contributed by atoms with Gasteiger partial charge in [-0.15, -0.1) is 0 Å². The molecule has 0 spiro atoms. The Hall–Kier alpha value is -3.11. The molecule has 0 radical (unpaired) electrons. The number of benzene rings is 2. The average Bonchev–Trinajstić information content (AvgIpc) is 2.87. The first-order valence-electron chi connectivity index (χ1n) is 12.1. The van der Waals surface area contributed by atoms with Crippen LogP contribution in [0.1, 0.15) is 38.7 Å². The number of nitrogens with one attached hydrogen (secondary N) is 1. The third-order valence-corrected chi connectivity index (χ3v) is 7.61. The smallest absolute Gasteiger partial charge is 0.304 e. The van der Waals surface area contributed by atoms with E-state index in [2.05, 4.69) is 5.32 Å². The Bertz CT molecular complexity index is 1080. The van der Waals surface area contributed by atoms with Crippen LogP contribution in [0.25, 0.3) is 0 Å². The minimum absolute atomic E-state index is 0.146. The lowest BCUT2D eigenvalue weighted by atomic mass is 10.1. The molecule has 0 heterocycles. The van der Waals surface area contributed by atoms with Gasteiger partial charge in [0.1, 0.15) is 18.3 Å². The maximum atomic E-state index is 13.8. The van der Waals surface area contributed by atoms with Gasteiger partial charge in [-0.3, -0.25) is 9.59 Å². The molecule has 0 saturated carbocycles. The molecule has 2 amide bonds. The molecule has 2 aromatic rings. The summed E-state index contributed by atoms with van der Waals surface area (Å²) in [7, 11) is 0.436. The molecule has 9 nitrogen and oxygen atoms in total. The topological polar surface area (TPSA) is 99.3 Å². The summed E-state index contributed by atoms with van der Waals surface area (Å²) < 4.78 is 33.7. The minimum atomic E-state index is -3.97. The van der Waals surface area contributed by atoms with Crippen LogP contribution in [0.4, 0.5) is 5.69 Å². The van der Waals surface area contributed by atoms with E-state index in [0.717, 1.165) is 27.0 Å². The molecule has 1 atom stereocenters. The lowest BCUT2D eigenvalue weighted by Crippen LogP contribution is -2.53. The molecule has 10 heteroatoms. The molecule has 0 aliphatic carbocycles. The molecule has 0 saturated heterocycles. The third kappa shape index (κ3) is 7.69. The van der Waals surface area contributed by atoms with Gasteiger partial charge < -0.3 is 15.0 Å². The minimum Gasteiger partial charge on any atom is -0.497 e. The summed E-state index contributed by atoms with van der Waals surface area (Å²) in [4.78, 5) is 28.3. The molecule has 36 heavy (non-hydrogen) atoms. The molecule has 0 aliphatic rings. The third-order valence-electron chi connectivity index (χ3n) is 5.79. The second-order valence-corrected chi connectivity index (χ2v) is 10.6. The Kier molecular flexibility index (Phi) is 11.2. The Morgan fingerprint density at radius 1 is 1.00 bits per heavy atom. The van der Waals surface area contributed by atoms with Crippen LogP contribution < -0.4 is 14.4 Å². The number of carbonyl (C=O) groups is 2. The maximum absolute atomic E-state index is 13.8. The van der Waals surface area contributed by atoms with Crippen LogP contribution in [0.3, 0.4) is 0 Å². The van der Waals surface area contributed by atoms with Crippen molar-refractivity contribution in [2.24, 2.45) is 0 Å². The molecule has 2 aromatic carbocycles. The van der Waals surface area contributed by atoms with Crippen molar-refractivity contribution in [3.05, 3.63) is 60.2 Å². The maximum Gasteiger partial charge on any atom is 0.304 e. The van der Waals surface area contributed by atoms with Gasteiger partial charge in [-0.2, -0.15) is 12.7 Å². The lowest BCUT2D eigenvalue weighted by Gasteiger charge is -2.34. The Morgan fingerprint density at radius 3 is 2.17 bits per heavy atom. The first-order chi connectivity index (χ1) is 17.1. The summed E-state index contributed by atoms with van der Waals surface area (Å²) >= 11 is 0. The number of hydrogen-bond donors (Lipinski definition) is 1. The van der Waals surface area contributed by atoms with Gasteiger partial charge in [0.05, 0.1) is 12.8 Å². The second kappa shape index (κ2) is 13.8. The number of rotatable bonds is 14. The molecular weight excluding hydrogens is 480 g/mol. The van der Waals surface area contributed by atoms with E-state index in [-0.39, 0.29) is 12.5 Å². The van der Waals surface area contributed by atoms with Gasteiger partial charge in [-0.05, 0) is 42.7 Å². The molecular formula is C26H38N4O5S. The highest BCUT2D eigenvalue weighted by molar-refractivity contribution is 7.90. The van der Waals surface area contributed by atoms with E-state index in [0.29, 0.717) is 24.4 Å². The Morgan fingerprint density at radius 2 is 1.64 bits per heavy atom. The van der Waals surface area contributed by atoms with E-state index in [1.807, 2.05) is 26.0 Å². The summed E-state index contributed by atoms with van der Waals surface area (Å²) in [6, 6.07) is 14.9. The van der Waals surface area contributed by atoms with Gasteiger partial charge in [0.25, 0.3) is 0 Å². The zero-order valence-corrected chi connectivity index (χ0v) is 22.6. The summed E-state index contributed by atoms with van der Waals surface area (Å²) in [5.41, 5.74) is 1.16. The van der Waals surface area contributed by atoms with Crippen LogP contribution in [-0.2, 0) is 26.3 Å². The largest absolute Gasteiger partial charge is 0.497 e. The van der Waals surface area contributed by atoms with Crippen molar-refractivity contribution in [1.29, 1.82) is 0 Å². The number of amides is 2. The van der Waals surface area contributed by atoms with Crippen LogP contribution >= 0.6 is 0 Å². The first-order valence-corrected chi connectivity index (χ1v) is 13.5. The molecule has 1 N–H and O–H groups in total. The normalized spacial score (nSPS) is 12.2. The van der Waals surface area contributed by atoms with Gasteiger partial charge in [-0.1, -0.05) is 50.6 Å². The SMILES string of the molecule is CCCCNC(=O)[C@H](CC)N(Cc1ccc(OC)cc1)C(=O)CN(c1ccccc1)S(=O)(=O)N(C)C. The zero-order chi connectivity index (χ0) is 26.7. The van der Waals surface area contributed by atoms with Crippen molar-refractivity contribution >= 4 is 27.7 Å². The van der Waals surface area contributed by atoms with Crippen molar-refractivity contribution in [2.45, 2.75) is 45.7 Å². The highest BCUT2D eigenvalue weighted by Gasteiger charge is 2.33. The molecule has 0 bridgehead atoms. The van der Waals surface area contributed by atoms with Crippen molar-refractivity contribution in [3.63, 3.8) is 0 Å². The molecule has 198 valence electrons. The number of nitrogens with zero attached hydrogens (tertiary/aromatic N) is 3. The van der Waals surface area contributed by atoms with Crippen molar-refractivity contribution < 1.29 is 22.7 Å². The zero-order valence-electron chi connectivity index (χ0n) is 21.8. The first kappa shape index (κ1) is 29.1. The van der Waals surface area contributed by atoms with Crippen LogP contribution in [-0.4, -0.2) is 69.8 Å². The fraction of sp³-hybridized carbons (Fsp3) is 0.462. The monoisotopic (exact) mass is 518 g/mol. The summed E-state index contributed by atoms with van der Waals surface area (Å²) in [5, 5.41) is 2.91. The molecule has 0 unspecified atom stereocenters. The fourth-order valence-corrected chi connectivity index (χ4v) is 4.72. The second-order valence-electron chi connectivity index (χ2n) is 8.57. The quantitative estimate of drug-likeness (QED) is 0.388. The van der Waals surface area contributed by atoms with Gasteiger partial charge in [0.15, 0.2) is 0 Å². The fourth-order valence-electron chi connectivity index (χ4n) is 3.66. The number of ether oxygens (including phenoxy) is 1. The van der Waals surface area contributed by atoms with Crippen LogP contribution in [0, 0.1) is 0 Å². The molecule has 0 aromatic heterocycles. The van der Waals surface area contributed by atoms with Crippen LogP contribution in [0.2, 0.25) is 0 Å². The number of carbonyl (C=O) groups excluding carboxylic acids is 2. The summed E-state index contributed by atoms with van der Waals surface area (Å²) in [6.45, 7) is 4.09. The van der Waals surface area contributed by atoms with Crippen LogP contribution in [0.5, 0.6) is 5.75 Å². The van der Waals surface area contributed by atoms with Gasteiger partial charge in [-0.25, -0.2) is 4.31 Å². The number of methoxy groups -OCH3 is 1. The van der Waals surface area contributed by atoms with Crippen molar-refractivity contribution in [2.75, 3.05) is 38.6 Å². The van der Waals surface area contributed by atoms with Gasteiger partial charge in [0, 0.05) is 27.2 Å². The molecule has 0 fully saturated rings. The van der Waals surface area contributed by atoms with E-state index in [1.165, 1.54) is 19.0 Å². The number of para-hydroxylation sites is 1. The van der Waals surface area contributed by atoms with Crippen molar-refractivity contribution in [1.82, 2.24) is 14.5 Å². The molecule has 2 rings (SSSR count). The Labute approximate surface area is 215 Å². The predicted molar refractivity (Wildman–Crippen MR) is 142 cm³/mol. The molecule has 0 aliphatic heterocycles. The van der Waals surface area contributed by atoms with E-state index >= 15 is 0 Å². The number of hydrogen-bond acceptors (Lipinski definition) is 5. The van der Waals surface area contributed by atoms with Gasteiger partial charge >= 0.3 is 10.2 Å². The number of anilines is 1. The van der Waals surface area contributed by atoms with Crippen LogP contribution in [0.15, 0.2) is 54.6 Å². The summed E-state index contributed by atoms with van der Waals surface area (Å²) in [5.74, 6) is -0.0552. The standard InChI is InChI=1S/C26H38N4O5S/c1-6-8-18-27-26(32)24(7-2)29(19-21-14-16-23(35-5)17-15-21)25(31)20-30(36(33,34)28(3)4)22-12-10-9-11-13-22/h9-17,24H,6-8,18-20H2,1-5H3,(H,27,32)/t24-/m0/s1. The van der Waals surface area contributed by atoms with E-state index in [9.17, 15) is 18.0 Å². The number of unbranched alkanes of at least 4 members (excludes halogenated alkanes) is 1. The lowest BCUT2D eigenvalue weighted by molar-refractivity contribution is -0.140. The van der Waals surface area contributed by atoms with E-state index in [1.54, 1.807) is 49.6 Å². The predicted octanol–water partition coefficient (Wildman–Crippen LogP) is 3.03. The highest BCUT2D eigenvalue weighted by Crippen LogP contribution is 2.21. The van der Waals surface area contributed by atoms with E-state index in [4.69, 9.17) is 4.74 Å². The Balaban J connectivity index is 2.43. The van der Waals surface area contributed by atoms with Gasteiger partial charge in [0.2, 0.25) is 11.8 Å². The highest BCUT2D eigenvalue weighted by atomic mass is 32.2. The van der Waals surface area contributed by atoms with Crippen molar-refractivity contribution in [3.8, 4) is 5.75 Å².